The number of rotatable bonds is 7. The normalized spacial score (nSPS) is 15.0. The first kappa shape index (κ1) is 19.6. The van der Waals surface area contributed by atoms with Gasteiger partial charge in [0.1, 0.15) is 11.1 Å². The summed E-state index contributed by atoms with van der Waals surface area (Å²) in [6.07, 6.45) is 5.43. The number of fused-ring (bicyclic) bond motifs is 3. The average molecular weight is 396 g/mol. The van der Waals surface area contributed by atoms with Crippen LogP contribution in [0.25, 0.3) is 22.1 Å². The smallest absolute Gasteiger partial charge is 0.289 e. The molecule has 0 radical (unpaired) electrons. The van der Waals surface area contributed by atoms with Crippen LogP contribution in [-0.2, 0) is 4.74 Å². The number of amides is 1. The molecule has 29 heavy (non-hydrogen) atoms. The molecule has 1 fully saturated rings. The molecule has 0 unspecified atom stereocenters. The van der Waals surface area contributed by atoms with Crippen molar-refractivity contribution in [3.8, 4) is 0 Å². The first-order chi connectivity index (χ1) is 14.3. The summed E-state index contributed by atoms with van der Waals surface area (Å²) in [5.41, 5.74) is 2.14. The van der Waals surface area contributed by atoms with Crippen molar-refractivity contribution in [2.75, 3.05) is 37.7 Å². The molecule has 1 aromatic carbocycles. The standard InChI is InChI=1S/C22H28N4O3/c1-2-28-15-9-12-23-22(27)20-24-18-16-10-5-6-11-17(16)29-19(18)21(25-20)26-13-7-3-4-8-14-26/h5-6,10-11H,2-4,7-9,12-15H2,1H3,(H,23,27). The maximum atomic E-state index is 12.8. The van der Waals surface area contributed by atoms with Crippen LogP contribution in [0, 0.1) is 0 Å². The summed E-state index contributed by atoms with van der Waals surface area (Å²) in [6.45, 7) is 5.63. The highest BCUT2D eigenvalue weighted by Gasteiger charge is 2.23. The van der Waals surface area contributed by atoms with Crippen molar-refractivity contribution in [2.45, 2.75) is 39.0 Å². The van der Waals surface area contributed by atoms with Crippen LogP contribution in [0.4, 0.5) is 5.82 Å². The van der Waals surface area contributed by atoms with Gasteiger partial charge in [0.05, 0.1) is 0 Å². The summed E-state index contributed by atoms with van der Waals surface area (Å²) in [4.78, 5) is 24.2. The summed E-state index contributed by atoms with van der Waals surface area (Å²) in [7, 11) is 0. The number of hydrogen-bond acceptors (Lipinski definition) is 6. The van der Waals surface area contributed by atoms with E-state index >= 15 is 0 Å². The average Bonchev–Trinajstić information content (AvgIpc) is 2.92. The minimum atomic E-state index is -0.259. The topological polar surface area (TPSA) is 80.5 Å². The molecule has 1 aliphatic rings. The first-order valence-electron chi connectivity index (χ1n) is 10.6. The Morgan fingerprint density at radius 3 is 2.76 bits per heavy atom. The van der Waals surface area contributed by atoms with Gasteiger partial charge in [0.2, 0.25) is 5.82 Å². The van der Waals surface area contributed by atoms with E-state index in [-0.39, 0.29) is 11.7 Å². The second-order valence-corrected chi connectivity index (χ2v) is 7.35. The molecule has 1 saturated heterocycles. The third kappa shape index (κ3) is 4.34. The van der Waals surface area contributed by atoms with E-state index < -0.39 is 0 Å². The van der Waals surface area contributed by atoms with Gasteiger partial charge in [-0.15, -0.1) is 0 Å². The molecule has 3 aromatic rings. The molecule has 3 heterocycles. The van der Waals surface area contributed by atoms with Crippen LogP contribution in [0.15, 0.2) is 28.7 Å². The highest BCUT2D eigenvalue weighted by Crippen LogP contribution is 2.33. The third-order valence-electron chi connectivity index (χ3n) is 5.27. The summed E-state index contributed by atoms with van der Waals surface area (Å²) in [5.74, 6) is 0.664. The zero-order chi connectivity index (χ0) is 20.1. The Morgan fingerprint density at radius 2 is 1.97 bits per heavy atom. The van der Waals surface area contributed by atoms with Gasteiger partial charge in [-0.25, -0.2) is 9.97 Å². The lowest BCUT2D eigenvalue weighted by Gasteiger charge is -2.21. The van der Waals surface area contributed by atoms with E-state index in [9.17, 15) is 4.79 Å². The Morgan fingerprint density at radius 1 is 1.17 bits per heavy atom. The van der Waals surface area contributed by atoms with Crippen LogP contribution in [0.3, 0.4) is 0 Å². The number of carbonyl (C=O) groups excluding carboxylic acids is 1. The Bertz CT molecular complexity index is 977. The number of anilines is 1. The summed E-state index contributed by atoms with van der Waals surface area (Å²) >= 11 is 0. The van der Waals surface area contributed by atoms with E-state index in [2.05, 4.69) is 20.2 Å². The molecule has 0 atom stereocenters. The first-order valence-corrected chi connectivity index (χ1v) is 10.6. The Labute approximate surface area is 170 Å². The number of para-hydroxylation sites is 1. The van der Waals surface area contributed by atoms with E-state index in [0.29, 0.717) is 30.9 Å². The fourth-order valence-electron chi connectivity index (χ4n) is 3.77. The summed E-state index contributed by atoms with van der Waals surface area (Å²) < 4.78 is 11.4. The van der Waals surface area contributed by atoms with Crippen molar-refractivity contribution in [3.05, 3.63) is 30.1 Å². The Kier molecular flexibility index (Phi) is 6.24. The van der Waals surface area contributed by atoms with Crippen LogP contribution in [0.5, 0.6) is 0 Å². The number of aromatic nitrogens is 2. The summed E-state index contributed by atoms with van der Waals surface area (Å²) in [5, 5.41) is 3.82. The second-order valence-electron chi connectivity index (χ2n) is 7.35. The largest absolute Gasteiger partial charge is 0.450 e. The van der Waals surface area contributed by atoms with Crippen LogP contribution in [-0.4, -0.2) is 48.7 Å². The molecule has 7 heteroatoms. The van der Waals surface area contributed by atoms with Gasteiger partial charge in [0.15, 0.2) is 11.4 Å². The molecular weight excluding hydrogens is 368 g/mol. The highest BCUT2D eigenvalue weighted by molar-refractivity contribution is 6.07. The Hall–Kier alpha value is -2.67. The predicted molar refractivity (Wildman–Crippen MR) is 113 cm³/mol. The van der Waals surface area contributed by atoms with Crippen molar-refractivity contribution < 1.29 is 13.9 Å². The SMILES string of the molecule is CCOCCCNC(=O)c1nc(N2CCCCCC2)c2oc3ccccc3c2n1. The highest BCUT2D eigenvalue weighted by atomic mass is 16.5. The fourth-order valence-corrected chi connectivity index (χ4v) is 3.77. The lowest BCUT2D eigenvalue weighted by molar-refractivity contribution is 0.0934. The number of benzene rings is 1. The molecule has 2 aromatic heterocycles. The van der Waals surface area contributed by atoms with Gasteiger partial charge in [-0.3, -0.25) is 4.79 Å². The number of ether oxygens (including phenoxy) is 1. The van der Waals surface area contributed by atoms with Crippen molar-refractivity contribution >= 4 is 33.8 Å². The number of nitrogens with one attached hydrogen (secondary N) is 1. The van der Waals surface area contributed by atoms with Crippen LogP contribution >= 0.6 is 0 Å². The fraction of sp³-hybridized carbons (Fsp3) is 0.500. The van der Waals surface area contributed by atoms with E-state index in [1.807, 2.05) is 31.2 Å². The molecule has 1 amide bonds. The molecule has 0 bridgehead atoms. The van der Waals surface area contributed by atoms with E-state index in [0.717, 1.165) is 49.1 Å². The minimum absolute atomic E-state index is 0.194. The van der Waals surface area contributed by atoms with Crippen molar-refractivity contribution in [2.24, 2.45) is 0 Å². The number of carbonyl (C=O) groups is 1. The molecule has 4 rings (SSSR count). The van der Waals surface area contributed by atoms with Gasteiger partial charge in [0.25, 0.3) is 5.91 Å². The Balaban J connectivity index is 1.69. The summed E-state index contributed by atoms with van der Waals surface area (Å²) in [6, 6.07) is 7.80. The quantitative estimate of drug-likeness (QED) is 0.610. The zero-order valence-corrected chi connectivity index (χ0v) is 16.9. The maximum absolute atomic E-state index is 12.8. The van der Waals surface area contributed by atoms with Gasteiger partial charge in [0, 0.05) is 38.2 Å². The predicted octanol–water partition coefficient (Wildman–Crippen LogP) is 3.91. The van der Waals surface area contributed by atoms with Gasteiger partial charge >= 0.3 is 0 Å². The molecule has 0 spiro atoms. The van der Waals surface area contributed by atoms with Crippen LogP contribution in [0.2, 0.25) is 0 Å². The van der Waals surface area contributed by atoms with Crippen LogP contribution < -0.4 is 10.2 Å². The van der Waals surface area contributed by atoms with Crippen molar-refractivity contribution in [1.29, 1.82) is 0 Å². The monoisotopic (exact) mass is 396 g/mol. The van der Waals surface area contributed by atoms with Gasteiger partial charge in [-0.1, -0.05) is 25.0 Å². The van der Waals surface area contributed by atoms with Crippen LogP contribution in [0.1, 0.15) is 49.6 Å². The number of nitrogens with zero attached hydrogens (tertiary/aromatic N) is 3. The maximum Gasteiger partial charge on any atom is 0.289 e. The minimum Gasteiger partial charge on any atom is -0.450 e. The van der Waals surface area contributed by atoms with Crippen molar-refractivity contribution in [1.82, 2.24) is 15.3 Å². The number of furan rings is 1. The zero-order valence-electron chi connectivity index (χ0n) is 16.9. The molecule has 0 saturated carbocycles. The lowest BCUT2D eigenvalue weighted by atomic mass is 10.2. The molecular formula is C22H28N4O3. The molecule has 1 N–H and O–H groups in total. The van der Waals surface area contributed by atoms with Crippen molar-refractivity contribution in [3.63, 3.8) is 0 Å². The number of hydrogen-bond donors (Lipinski definition) is 1. The molecule has 7 nitrogen and oxygen atoms in total. The van der Waals surface area contributed by atoms with E-state index in [1.54, 1.807) is 0 Å². The van der Waals surface area contributed by atoms with Gasteiger partial charge < -0.3 is 19.4 Å². The second kappa shape index (κ2) is 9.22. The van der Waals surface area contributed by atoms with E-state index in [4.69, 9.17) is 9.15 Å². The third-order valence-corrected chi connectivity index (χ3v) is 5.27. The van der Waals surface area contributed by atoms with Gasteiger partial charge in [-0.2, -0.15) is 0 Å². The van der Waals surface area contributed by atoms with E-state index in [1.165, 1.54) is 12.8 Å². The molecule has 154 valence electrons. The molecule has 1 aliphatic heterocycles. The van der Waals surface area contributed by atoms with Gasteiger partial charge in [-0.05, 0) is 38.3 Å². The molecule has 0 aliphatic carbocycles. The lowest BCUT2D eigenvalue weighted by Crippen LogP contribution is -2.30.